The van der Waals surface area contributed by atoms with Crippen molar-refractivity contribution in [2.45, 2.75) is 38.6 Å². The van der Waals surface area contributed by atoms with Crippen molar-refractivity contribution >= 4 is 49.6 Å². The Morgan fingerprint density at radius 2 is 2.03 bits per heavy atom. The summed E-state index contributed by atoms with van der Waals surface area (Å²) in [5.74, 6) is 0.373. The standard InChI is InChI=1S/C22H25BrN6O2S/c1-13-18(27-21(31)17-10-26-29-12-19(23)32-22(17)29)8-15(9-25-13)20(30)24-6-7-28-11-14-2-4-16(28)5-3-14/h8-10,12,14,16H,2-7,11H2,1H3,(H,24,30)(H,27,31). The number of carbonyl (C=O) groups excluding carboxylic acids is 2. The van der Waals surface area contributed by atoms with Gasteiger partial charge in [-0.05, 0) is 60.5 Å². The van der Waals surface area contributed by atoms with Crippen LogP contribution in [-0.4, -0.2) is 57.0 Å². The highest BCUT2D eigenvalue weighted by molar-refractivity contribution is 9.11. The van der Waals surface area contributed by atoms with Gasteiger partial charge in [0.2, 0.25) is 0 Å². The fraction of sp³-hybridized carbons (Fsp3) is 0.455. The van der Waals surface area contributed by atoms with Crippen LogP contribution in [0.3, 0.4) is 0 Å². The van der Waals surface area contributed by atoms with E-state index in [4.69, 9.17) is 0 Å². The molecule has 0 radical (unpaired) electrons. The Hall–Kier alpha value is -2.30. The second-order valence-electron chi connectivity index (χ2n) is 8.58. The van der Waals surface area contributed by atoms with Gasteiger partial charge in [0.15, 0.2) is 0 Å². The first-order chi connectivity index (χ1) is 15.5. The van der Waals surface area contributed by atoms with Crippen molar-refractivity contribution in [3.63, 3.8) is 0 Å². The van der Waals surface area contributed by atoms with Gasteiger partial charge in [0.25, 0.3) is 11.8 Å². The molecule has 6 rings (SSSR count). The van der Waals surface area contributed by atoms with Crippen molar-refractivity contribution in [2.75, 3.05) is 25.0 Å². The van der Waals surface area contributed by atoms with Crippen molar-refractivity contribution in [1.29, 1.82) is 0 Å². The normalized spacial score (nSPS) is 20.6. The molecule has 32 heavy (non-hydrogen) atoms. The summed E-state index contributed by atoms with van der Waals surface area (Å²) in [4.78, 5) is 33.1. The van der Waals surface area contributed by atoms with Gasteiger partial charge in [-0.1, -0.05) is 0 Å². The van der Waals surface area contributed by atoms with Crippen LogP contribution in [0, 0.1) is 12.8 Å². The average Bonchev–Trinajstić information content (AvgIpc) is 3.35. The SMILES string of the molecule is Cc1ncc(C(=O)NCCN2CC3CCC2CC3)cc1NC(=O)c1cnn2cc(Br)sc12. The van der Waals surface area contributed by atoms with Gasteiger partial charge in [-0.25, -0.2) is 4.52 Å². The Morgan fingerprint density at radius 3 is 2.78 bits per heavy atom. The smallest absolute Gasteiger partial charge is 0.260 e. The number of carbonyl (C=O) groups is 2. The van der Waals surface area contributed by atoms with E-state index in [1.807, 2.05) is 6.20 Å². The van der Waals surface area contributed by atoms with Crippen LogP contribution in [-0.2, 0) is 0 Å². The zero-order valence-electron chi connectivity index (χ0n) is 17.8. The molecule has 2 N–H and O–H groups in total. The maximum absolute atomic E-state index is 12.8. The highest BCUT2D eigenvalue weighted by Crippen LogP contribution is 2.34. The number of piperidine rings is 2. The number of hydrogen-bond donors (Lipinski definition) is 2. The van der Waals surface area contributed by atoms with Gasteiger partial charge < -0.3 is 10.6 Å². The number of nitrogens with one attached hydrogen (secondary N) is 2. The number of hydrogen-bond acceptors (Lipinski definition) is 6. The summed E-state index contributed by atoms with van der Waals surface area (Å²) in [7, 11) is 0. The fourth-order valence-corrected chi connectivity index (χ4v) is 6.19. The van der Waals surface area contributed by atoms with E-state index in [-0.39, 0.29) is 11.8 Å². The number of anilines is 1. The summed E-state index contributed by atoms with van der Waals surface area (Å²) in [6, 6.07) is 2.36. The maximum Gasteiger partial charge on any atom is 0.260 e. The molecule has 3 aliphatic rings. The predicted octanol–water partition coefficient (Wildman–Crippen LogP) is 3.72. The monoisotopic (exact) mass is 516 g/mol. The van der Waals surface area contributed by atoms with Crippen molar-refractivity contribution in [3.8, 4) is 0 Å². The van der Waals surface area contributed by atoms with Crippen molar-refractivity contribution in [2.24, 2.45) is 5.92 Å². The Morgan fingerprint density at radius 1 is 1.22 bits per heavy atom. The molecular formula is C22H25BrN6O2S. The van der Waals surface area contributed by atoms with E-state index in [0.29, 0.717) is 35.1 Å². The fourth-order valence-electron chi connectivity index (χ4n) is 4.75. The molecule has 0 unspecified atom stereocenters. The minimum absolute atomic E-state index is 0.176. The third-order valence-corrected chi connectivity index (χ3v) is 8.11. The van der Waals surface area contributed by atoms with Crippen LogP contribution in [0.5, 0.6) is 0 Å². The number of amides is 2. The van der Waals surface area contributed by atoms with Gasteiger partial charge in [-0.3, -0.25) is 19.5 Å². The predicted molar refractivity (Wildman–Crippen MR) is 127 cm³/mol. The lowest BCUT2D eigenvalue weighted by molar-refractivity contribution is 0.0494. The number of nitrogens with zero attached hydrogens (tertiary/aromatic N) is 4. The highest BCUT2D eigenvalue weighted by atomic mass is 79.9. The van der Waals surface area contributed by atoms with E-state index in [1.165, 1.54) is 37.0 Å². The van der Waals surface area contributed by atoms with Crippen LogP contribution < -0.4 is 10.6 Å². The molecular weight excluding hydrogens is 492 g/mol. The molecule has 2 amide bonds. The molecule has 8 nitrogen and oxygen atoms in total. The van der Waals surface area contributed by atoms with Crippen LogP contribution in [0.4, 0.5) is 5.69 Å². The van der Waals surface area contributed by atoms with Gasteiger partial charge in [0.05, 0.1) is 38.7 Å². The van der Waals surface area contributed by atoms with Crippen molar-refractivity contribution in [1.82, 2.24) is 24.8 Å². The van der Waals surface area contributed by atoms with E-state index in [0.717, 1.165) is 27.6 Å². The minimum atomic E-state index is -0.281. The molecule has 2 bridgehead atoms. The molecule has 1 aliphatic carbocycles. The van der Waals surface area contributed by atoms with E-state index in [2.05, 4.69) is 41.5 Å². The van der Waals surface area contributed by atoms with Gasteiger partial charge in [-0.15, -0.1) is 11.3 Å². The third kappa shape index (κ3) is 4.31. The molecule has 1 saturated carbocycles. The van der Waals surface area contributed by atoms with Gasteiger partial charge in [0.1, 0.15) is 4.83 Å². The van der Waals surface area contributed by atoms with Crippen molar-refractivity contribution < 1.29 is 9.59 Å². The van der Waals surface area contributed by atoms with Crippen LogP contribution >= 0.6 is 27.3 Å². The number of rotatable bonds is 6. The number of thiazole rings is 1. The topological polar surface area (TPSA) is 91.6 Å². The zero-order chi connectivity index (χ0) is 22.2. The number of fused-ring (bicyclic) bond motifs is 4. The molecule has 0 spiro atoms. The number of pyridine rings is 1. The van der Waals surface area contributed by atoms with Gasteiger partial charge >= 0.3 is 0 Å². The highest BCUT2D eigenvalue weighted by Gasteiger charge is 2.33. The van der Waals surface area contributed by atoms with E-state index in [1.54, 1.807) is 29.9 Å². The van der Waals surface area contributed by atoms with Gasteiger partial charge in [-0.2, -0.15) is 5.10 Å². The quantitative estimate of drug-likeness (QED) is 0.520. The molecule has 2 saturated heterocycles. The van der Waals surface area contributed by atoms with Crippen molar-refractivity contribution in [3.05, 3.63) is 45.3 Å². The lowest BCUT2D eigenvalue weighted by atomic mass is 9.80. The molecule has 3 aromatic heterocycles. The second-order valence-corrected chi connectivity index (χ2v) is 11.0. The van der Waals surface area contributed by atoms with Crippen LogP contribution in [0.2, 0.25) is 0 Å². The maximum atomic E-state index is 12.8. The average molecular weight is 517 g/mol. The third-order valence-electron chi connectivity index (χ3n) is 6.52. The first-order valence-electron chi connectivity index (χ1n) is 10.9. The Kier molecular flexibility index (Phi) is 6.00. The number of aryl methyl sites for hydroxylation is 1. The Labute approximate surface area is 198 Å². The lowest BCUT2D eigenvalue weighted by Gasteiger charge is -2.45. The van der Waals surface area contributed by atoms with Crippen LogP contribution in [0.25, 0.3) is 4.83 Å². The summed E-state index contributed by atoms with van der Waals surface area (Å²) in [5.41, 5.74) is 2.08. The molecule has 168 valence electrons. The van der Waals surface area contributed by atoms with E-state index >= 15 is 0 Å². The zero-order valence-corrected chi connectivity index (χ0v) is 20.2. The molecule has 0 atom stereocenters. The van der Waals surface area contributed by atoms with Crippen LogP contribution in [0.1, 0.15) is 52.1 Å². The minimum Gasteiger partial charge on any atom is -0.351 e. The first kappa shape index (κ1) is 21.5. The van der Waals surface area contributed by atoms with Gasteiger partial charge in [0, 0.05) is 31.9 Å². The summed E-state index contributed by atoms with van der Waals surface area (Å²) in [6.45, 7) is 4.45. The largest absolute Gasteiger partial charge is 0.351 e. The number of halogens is 1. The summed E-state index contributed by atoms with van der Waals surface area (Å²) >= 11 is 4.85. The molecule has 10 heteroatoms. The molecule has 5 heterocycles. The summed E-state index contributed by atoms with van der Waals surface area (Å²) in [5, 5.41) is 10.1. The summed E-state index contributed by atoms with van der Waals surface area (Å²) in [6.07, 6.45) is 10.2. The molecule has 0 aromatic carbocycles. The number of aromatic nitrogens is 3. The Balaban J connectivity index is 1.22. The molecule has 3 fully saturated rings. The summed E-state index contributed by atoms with van der Waals surface area (Å²) < 4.78 is 2.55. The lowest BCUT2D eigenvalue weighted by Crippen LogP contribution is -2.50. The first-order valence-corrected chi connectivity index (χ1v) is 12.5. The van der Waals surface area contributed by atoms with E-state index < -0.39 is 0 Å². The van der Waals surface area contributed by atoms with Crippen LogP contribution in [0.15, 0.2) is 28.4 Å². The van der Waals surface area contributed by atoms with E-state index in [9.17, 15) is 9.59 Å². The molecule has 3 aromatic rings. The Bertz CT molecular complexity index is 1170. The second kappa shape index (κ2) is 8.92. The molecule has 2 aliphatic heterocycles.